The highest BCUT2D eigenvalue weighted by Gasteiger charge is 2.42. The van der Waals surface area contributed by atoms with E-state index >= 15 is 0 Å². The van der Waals surface area contributed by atoms with Gasteiger partial charge in [-0.25, -0.2) is 0 Å². The van der Waals surface area contributed by atoms with Gasteiger partial charge in [-0.1, -0.05) is 0 Å². The second-order valence-electron chi connectivity index (χ2n) is 6.57. The first-order valence-electron chi connectivity index (χ1n) is 8.28. The topological polar surface area (TPSA) is 62.3 Å². The number of carbonyl (C=O) groups is 2. The van der Waals surface area contributed by atoms with Gasteiger partial charge in [0.05, 0.1) is 13.2 Å². The van der Waals surface area contributed by atoms with Crippen molar-refractivity contribution >= 4 is 11.8 Å². The molecule has 2 heterocycles. The van der Waals surface area contributed by atoms with Crippen LogP contribution in [-0.4, -0.2) is 99.3 Å². The predicted molar refractivity (Wildman–Crippen MR) is 86.1 cm³/mol. The summed E-state index contributed by atoms with van der Waals surface area (Å²) in [6, 6.07) is 0. The van der Waals surface area contributed by atoms with Crippen molar-refractivity contribution in [1.82, 2.24) is 14.7 Å². The van der Waals surface area contributed by atoms with Gasteiger partial charge in [-0.2, -0.15) is 0 Å². The van der Waals surface area contributed by atoms with E-state index < -0.39 is 0 Å². The molecule has 0 aromatic rings. The third kappa shape index (κ3) is 4.43. The predicted octanol–water partition coefficient (Wildman–Crippen LogP) is -0.195. The normalized spacial score (nSPS) is 26.7. The lowest BCUT2D eigenvalue weighted by molar-refractivity contribution is -0.142. The van der Waals surface area contributed by atoms with Crippen molar-refractivity contribution in [3.8, 4) is 0 Å². The molecule has 0 saturated carbocycles. The second kappa shape index (κ2) is 8.08. The lowest BCUT2D eigenvalue weighted by atomic mass is 9.86. The summed E-state index contributed by atoms with van der Waals surface area (Å²) in [5.41, 5.74) is -0.0964. The van der Waals surface area contributed by atoms with Crippen molar-refractivity contribution in [2.75, 3.05) is 67.2 Å². The molecule has 7 nitrogen and oxygen atoms in total. The van der Waals surface area contributed by atoms with Gasteiger partial charge in [0.15, 0.2) is 0 Å². The van der Waals surface area contributed by atoms with Crippen molar-refractivity contribution in [2.45, 2.75) is 24.8 Å². The number of ether oxygens (including phenoxy) is 2. The Morgan fingerprint density at radius 1 is 1.17 bits per heavy atom. The summed E-state index contributed by atoms with van der Waals surface area (Å²) >= 11 is 0. The highest BCUT2D eigenvalue weighted by Crippen LogP contribution is 2.31. The van der Waals surface area contributed by atoms with Crippen molar-refractivity contribution < 1.29 is 19.1 Å². The molecule has 132 valence electrons. The largest absolute Gasteiger partial charge is 0.382 e. The molecule has 7 heteroatoms. The number of carbonyl (C=O) groups excluding carboxylic acids is 2. The molecule has 0 bridgehead atoms. The monoisotopic (exact) mass is 327 g/mol. The Morgan fingerprint density at radius 3 is 2.70 bits per heavy atom. The maximum Gasteiger partial charge on any atom is 0.248 e. The Morgan fingerprint density at radius 2 is 1.96 bits per heavy atom. The molecule has 2 aliphatic rings. The lowest BCUT2D eigenvalue weighted by Crippen LogP contribution is -2.62. The number of methoxy groups -OCH3 is 1. The van der Waals surface area contributed by atoms with Gasteiger partial charge in [-0.3, -0.25) is 14.5 Å². The Hall–Kier alpha value is -1.18. The van der Waals surface area contributed by atoms with E-state index in [1.54, 1.807) is 12.0 Å². The first-order valence-corrected chi connectivity index (χ1v) is 8.28. The number of piperazine rings is 1. The van der Waals surface area contributed by atoms with E-state index in [4.69, 9.17) is 9.47 Å². The maximum atomic E-state index is 12.4. The van der Waals surface area contributed by atoms with Crippen LogP contribution in [0.3, 0.4) is 0 Å². The molecule has 0 aliphatic carbocycles. The summed E-state index contributed by atoms with van der Waals surface area (Å²) < 4.78 is 10.3. The van der Waals surface area contributed by atoms with E-state index in [1.165, 1.54) is 0 Å². The molecule has 2 amide bonds. The molecule has 0 aromatic carbocycles. The quantitative estimate of drug-likeness (QED) is 0.655. The zero-order chi connectivity index (χ0) is 16.9. The maximum absolute atomic E-state index is 12.4. The van der Waals surface area contributed by atoms with E-state index in [2.05, 4.69) is 11.9 Å². The molecule has 2 saturated heterocycles. The van der Waals surface area contributed by atoms with Crippen LogP contribution in [0.4, 0.5) is 0 Å². The van der Waals surface area contributed by atoms with E-state index in [0.717, 1.165) is 25.9 Å². The standard InChI is InChI=1S/C16H29N3O4/c1-17-7-6-16(5-4-14(17)20)13-19(9-8-18(16)2)15(21)12-23-11-10-22-3/h4-13H2,1-3H3/t16-/m0/s1. The van der Waals surface area contributed by atoms with E-state index in [9.17, 15) is 9.59 Å². The molecule has 2 rings (SSSR count). The minimum atomic E-state index is -0.0964. The van der Waals surface area contributed by atoms with Crippen LogP contribution in [0.2, 0.25) is 0 Å². The number of amides is 2. The fourth-order valence-electron chi connectivity index (χ4n) is 3.36. The summed E-state index contributed by atoms with van der Waals surface area (Å²) in [6.45, 7) is 4.00. The Kier molecular flexibility index (Phi) is 6.38. The minimum absolute atomic E-state index is 0.0255. The van der Waals surface area contributed by atoms with Gasteiger partial charge in [0, 0.05) is 52.3 Å². The summed E-state index contributed by atoms with van der Waals surface area (Å²) in [4.78, 5) is 30.4. The number of likely N-dealkylation sites (N-methyl/N-ethyl adjacent to an activating group) is 1. The van der Waals surface area contributed by atoms with Crippen molar-refractivity contribution in [3.05, 3.63) is 0 Å². The molecule has 0 radical (unpaired) electrons. The average molecular weight is 327 g/mol. The van der Waals surface area contributed by atoms with E-state index in [1.807, 2.05) is 11.9 Å². The van der Waals surface area contributed by atoms with Gasteiger partial charge in [0.25, 0.3) is 0 Å². The second-order valence-corrected chi connectivity index (χ2v) is 6.57. The van der Waals surface area contributed by atoms with Gasteiger partial charge in [0.1, 0.15) is 6.61 Å². The minimum Gasteiger partial charge on any atom is -0.382 e. The van der Waals surface area contributed by atoms with Gasteiger partial charge in [-0.15, -0.1) is 0 Å². The highest BCUT2D eigenvalue weighted by molar-refractivity contribution is 5.78. The zero-order valence-corrected chi connectivity index (χ0v) is 14.5. The Labute approximate surface area is 138 Å². The SMILES string of the molecule is COCCOCC(=O)N1CCN(C)[C@]2(CCC(=O)N(C)CC2)C1. The zero-order valence-electron chi connectivity index (χ0n) is 14.5. The number of hydrogen-bond acceptors (Lipinski definition) is 5. The van der Waals surface area contributed by atoms with Crippen molar-refractivity contribution in [2.24, 2.45) is 0 Å². The number of hydrogen-bond donors (Lipinski definition) is 0. The lowest BCUT2D eigenvalue weighted by Gasteiger charge is -2.49. The fraction of sp³-hybridized carbons (Fsp3) is 0.875. The number of nitrogens with zero attached hydrogens (tertiary/aromatic N) is 3. The summed E-state index contributed by atoms with van der Waals surface area (Å²) in [6.07, 6.45) is 2.26. The van der Waals surface area contributed by atoms with E-state index in [-0.39, 0.29) is 24.0 Å². The van der Waals surface area contributed by atoms with E-state index in [0.29, 0.717) is 32.7 Å². The van der Waals surface area contributed by atoms with Crippen LogP contribution in [0.5, 0.6) is 0 Å². The highest BCUT2D eigenvalue weighted by atomic mass is 16.5. The smallest absolute Gasteiger partial charge is 0.248 e. The van der Waals surface area contributed by atoms with Gasteiger partial charge >= 0.3 is 0 Å². The number of rotatable bonds is 5. The van der Waals surface area contributed by atoms with Crippen LogP contribution >= 0.6 is 0 Å². The first kappa shape index (κ1) is 18.2. The first-order chi connectivity index (χ1) is 11.0. The summed E-state index contributed by atoms with van der Waals surface area (Å²) in [5.74, 6) is 0.221. The van der Waals surface area contributed by atoms with Gasteiger partial charge in [-0.05, 0) is 19.9 Å². The van der Waals surface area contributed by atoms with Crippen LogP contribution < -0.4 is 0 Å². The number of likely N-dealkylation sites (tertiary alicyclic amines) is 1. The molecule has 1 spiro atoms. The molecule has 0 unspecified atom stereocenters. The molecule has 23 heavy (non-hydrogen) atoms. The molecule has 1 atom stereocenters. The summed E-state index contributed by atoms with van der Waals surface area (Å²) in [7, 11) is 5.57. The Bertz CT molecular complexity index is 432. The van der Waals surface area contributed by atoms with Gasteiger partial charge in [0.2, 0.25) is 11.8 Å². The van der Waals surface area contributed by atoms with Crippen LogP contribution in [0, 0.1) is 0 Å². The van der Waals surface area contributed by atoms with Crippen LogP contribution in [0.1, 0.15) is 19.3 Å². The summed E-state index contributed by atoms with van der Waals surface area (Å²) in [5, 5.41) is 0. The third-order valence-electron chi connectivity index (χ3n) is 5.15. The molecule has 0 aromatic heterocycles. The molecular weight excluding hydrogens is 298 g/mol. The van der Waals surface area contributed by atoms with Crippen LogP contribution in [0.25, 0.3) is 0 Å². The van der Waals surface area contributed by atoms with Crippen LogP contribution in [-0.2, 0) is 19.1 Å². The van der Waals surface area contributed by atoms with Crippen LogP contribution in [0.15, 0.2) is 0 Å². The molecule has 0 N–H and O–H groups in total. The van der Waals surface area contributed by atoms with Crippen molar-refractivity contribution in [3.63, 3.8) is 0 Å². The molecule has 2 aliphatic heterocycles. The van der Waals surface area contributed by atoms with Gasteiger partial charge < -0.3 is 19.3 Å². The molecule has 2 fully saturated rings. The average Bonchev–Trinajstić information content (AvgIpc) is 2.69. The third-order valence-corrected chi connectivity index (χ3v) is 5.15. The van der Waals surface area contributed by atoms with Crippen molar-refractivity contribution in [1.29, 1.82) is 0 Å². The molecular formula is C16H29N3O4. The fourth-order valence-corrected chi connectivity index (χ4v) is 3.36. The Balaban J connectivity index is 1.95.